The van der Waals surface area contributed by atoms with Crippen molar-refractivity contribution >= 4 is 17.3 Å². The van der Waals surface area contributed by atoms with Crippen LogP contribution in [0.5, 0.6) is 0 Å². The summed E-state index contributed by atoms with van der Waals surface area (Å²) in [5.41, 5.74) is 8.36. The van der Waals surface area contributed by atoms with Crippen molar-refractivity contribution in [3.63, 3.8) is 0 Å². The largest absolute Gasteiger partial charge is 0.478 e. The average Bonchev–Trinajstić information content (AvgIpc) is 2.41. The molecule has 19 heavy (non-hydrogen) atoms. The molecule has 4 N–H and O–H groups in total. The molecule has 1 atom stereocenters. The van der Waals surface area contributed by atoms with E-state index >= 15 is 0 Å². The van der Waals surface area contributed by atoms with Crippen LogP contribution in [0.1, 0.15) is 28.9 Å². The van der Waals surface area contributed by atoms with Crippen LogP contribution in [0, 0.1) is 0 Å². The molecule has 0 amide bonds. The van der Waals surface area contributed by atoms with Gasteiger partial charge >= 0.3 is 5.97 Å². The van der Waals surface area contributed by atoms with Crippen molar-refractivity contribution in [3.8, 4) is 0 Å². The third-order valence-corrected chi connectivity index (χ3v) is 2.97. The standard InChI is InChI=1S/C15H16N2O2/c1-10(11-5-3-2-4-6-11)17-14-8-7-12(15(18)19)9-13(14)16/h2-10,17H,16H2,1H3,(H,18,19). The van der Waals surface area contributed by atoms with Gasteiger partial charge in [-0.2, -0.15) is 0 Å². The molecule has 0 saturated carbocycles. The van der Waals surface area contributed by atoms with Crippen LogP contribution in [-0.4, -0.2) is 11.1 Å². The number of carboxylic acids is 1. The highest BCUT2D eigenvalue weighted by Crippen LogP contribution is 2.25. The molecule has 0 aliphatic rings. The number of nitrogens with one attached hydrogen (secondary N) is 1. The summed E-state index contributed by atoms with van der Waals surface area (Å²) in [4.78, 5) is 10.8. The fourth-order valence-corrected chi connectivity index (χ4v) is 1.89. The fraction of sp³-hybridized carbons (Fsp3) is 0.133. The molecule has 4 heteroatoms. The maximum atomic E-state index is 10.8. The number of nitrogens with two attached hydrogens (primary N) is 1. The number of hydrogen-bond acceptors (Lipinski definition) is 3. The molecule has 98 valence electrons. The Bertz CT molecular complexity index is 582. The van der Waals surface area contributed by atoms with Crippen molar-refractivity contribution in [3.05, 3.63) is 59.7 Å². The maximum absolute atomic E-state index is 10.8. The number of carboxylic acid groups (broad SMARTS) is 1. The Labute approximate surface area is 111 Å². The lowest BCUT2D eigenvalue weighted by atomic mass is 10.1. The van der Waals surface area contributed by atoms with Gasteiger partial charge in [0.15, 0.2) is 0 Å². The lowest BCUT2D eigenvalue weighted by Gasteiger charge is -2.17. The molecule has 2 aromatic rings. The predicted molar refractivity (Wildman–Crippen MR) is 76.3 cm³/mol. The SMILES string of the molecule is CC(Nc1ccc(C(=O)O)cc1N)c1ccccc1. The molecule has 2 aromatic carbocycles. The third kappa shape index (κ3) is 3.04. The Kier molecular flexibility index (Phi) is 3.71. The zero-order valence-electron chi connectivity index (χ0n) is 10.6. The quantitative estimate of drug-likeness (QED) is 0.734. The van der Waals surface area contributed by atoms with E-state index in [0.717, 1.165) is 11.3 Å². The Balaban J connectivity index is 2.18. The minimum atomic E-state index is -0.977. The van der Waals surface area contributed by atoms with Crippen LogP contribution in [0.2, 0.25) is 0 Å². The van der Waals surface area contributed by atoms with E-state index < -0.39 is 5.97 Å². The smallest absolute Gasteiger partial charge is 0.335 e. The van der Waals surface area contributed by atoms with E-state index in [0.29, 0.717) is 5.69 Å². The summed E-state index contributed by atoms with van der Waals surface area (Å²) < 4.78 is 0. The zero-order valence-corrected chi connectivity index (χ0v) is 10.6. The lowest BCUT2D eigenvalue weighted by Crippen LogP contribution is -2.09. The van der Waals surface area contributed by atoms with Crippen molar-refractivity contribution in [2.45, 2.75) is 13.0 Å². The summed E-state index contributed by atoms with van der Waals surface area (Å²) in [6, 6.07) is 14.8. The summed E-state index contributed by atoms with van der Waals surface area (Å²) in [6.07, 6.45) is 0. The van der Waals surface area contributed by atoms with Gasteiger partial charge in [0.1, 0.15) is 0 Å². The van der Waals surface area contributed by atoms with E-state index in [2.05, 4.69) is 5.32 Å². The van der Waals surface area contributed by atoms with Gasteiger partial charge in [0.2, 0.25) is 0 Å². The molecule has 1 unspecified atom stereocenters. The van der Waals surface area contributed by atoms with Gasteiger partial charge in [-0.3, -0.25) is 0 Å². The number of nitrogen functional groups attached to an aromatic ring is 1. The molecule has 0 radical (unpaired) electrons. The molecule has 0 aliphatic carbocycles. The van der Waals surface area contributed by atoms with Crippen molar-refractivity contribution in [1.82, 2.24) is 0 Å². The summed E-state index contributed by atoms with van der Waals surface area (Å²) in [5, 5.41) is 12.2. The minimum absolute atomic E-state index is 0.0965. The first-order chi connectivity index (χ1) is 9.08. The molecule has 0 spiro atoms. The van der Waals surface area contributed by atoms with Crippen molar-refractivity contribution in [2.75, 3.05) is 11.1 Å². The number of anilines is 2. The highest BCUT2D eigenvalue weighted by atomic mass is 16.4. The Hall–Kier alpha value is -2.49. The number of benzene rings is 2. The number of aromatic carboxylic acids is 1. The number of hydrogen-bond donors (Lipinski definition) is 3. The number of carbonyl (C=O) groups is 1. The second-order valence-corrected chi connectivity index (χ2v) is 4.38. The van der Waals surface area contributed by atoms with E-state index in [1.165, 1.54) is 6.07 Å². The van der Waals surface area contributed by atoms with Crippen LogP contribution < -0.4 is 11.1 Å². The molecule has 0 fully saturated rings. The van der Waals surface area contributed by atoms with E-state index in [1.807, 2.05) is 37.3 Å². The van der Waals surface area contributed by atoms with E-state index in [1.54, 1.807) is 12.1 Å². The molecule has 0 aliphatic heterocycles. The van der Waals surface area contributed by atoms with Gasteiger partial charge in [-0.15, -0.1) is 0 Å². The molecule has 0 aromatic heterocycles. The summed E-state index contributed by atoms with van der Waals surface area (Å²) >= 11 is 0. The Morgan fingerprint density at radius 1 is 1.21 bits per heavy atom. The molecular formula is C15H16N2O2. The normalized spacial score (nSPS) is 11.8. The van der Waals surface area contributed by atoms with Gasteiger partial charge < -0.3 is 16.2 Å². The monoisotopic (exact) mass is 256 g/mol. The Morgan fingerprint density at radius 2 is 1.89 bits per heavy atom. The van der Waals surface area contributed by atoms with Crippen LogP contribution in [0.4, 0.5) is 11.4 Å². The Morgan fingerprint density at radius 3 is 2.47 bits per heavy atom. The fourth-order valence-electron chi connectivity index (χ4n) is 1.89. The summed E-state index contributed by atoms with van der Waals surface area (Å²) in [6.45, 7) is 2.03. The van der Waals surface area contributed by atoms with Crippen LogP contribution in [0.15, 0.2) is 48.5 Å². The maximum Gasteiger partial charge on any atom is 0.335 e. The third-order valence-electron chi connectivity index (χ3n) is 2.97. The highest BCUT2D eigenvalue weighted by Gasteiger charge is 2.09. The first-order valence-electron chi connectivity index (χ1n) is 6.02. The van der Waals surface area contributed by atoms with E-state index in [9.17, 15) is 4.79 Å². The second-order valence-electron chi connectivity index (χ2n) is 4.38. The van der Waals surface area contributed by atoms with Gasteiger partial charge in [0.05, 0.1) is 16.9 Å². The molecule has 4 nitrogen and oxygen atoms in total. The van der Waals surface area contributed by atoms with Gasteiger partial charge in [0, 0.05) is 6.04 Å². The van der Waals surface area contributed by atoms with Gasteiger partial charge in [-0.1, -0.05) is 30.3 Å². The van der Waals surface area contributed by atoms with Crippen molar-refractivity contribution in [2.24, 2.45) is 0 Å². The summed E-state index contributed by atoms with van der Waals surface area (Å²) in [5.74, 6) is -0.977. The van der Waals surface area contributed by atoms with Gasteiger partial charge in [-0.25, -0.2) is 4.79 Å². The van der Waals surface area contributed by atoms with E-state index in [-0.39, 0.29) is 11.6 Å². The van der Waals surface area contributed by atoms with Crippen molar-refractivity contribution in [1.29, 1.82) is 0 Å². The van der Waals surface area contributed by atoms with Crippen LogP contribution in [0.25, 0.3) is 0 Å². The first kappa shape index (κ1) is 13.0. The predicted octanol–water partition coefficient (Wildman–Crippen LogP) is 3.14. The average molecular weight is 256 g/mol. The minimum Gasteiger partial charge on any atom is -0.478 e. The number of rotatable bonds is 4. The van der Waals surface area contributed by atoms with Gasteiger partial charge in [-0.05, 0) is 30.7 Å². The molecule has 0 bridgehead atoms. The molecule has 0 saturated heterocycles. The first-order valence-corrected chi connectivity index (χ1v) is 6.02. The molecular weight excluding hydrogens is 240 g/mol. The van der Waals surface area contributed by atoms with Crippen LogP contribution >= 0.6 is 0 Å². The lowest BCUT2D eigenvalue weighted by molar-refractivity contribution is 0.0697. The van der Waals surface area contributed by atoms with Crippen LogP contribution in [-0.2, 0) is 0 Å². The van der Waals surface area contributed by atoms with Crippen molar-refractivity contribution < 1.29 is 9.90 Å². The van der Waals surface area contributed by atoms with Crippen LogP contribution in [0.3, 0.4) is 0 Å². The highest BCUT2D eigenvalue weighted by molar-refractivity contribution is 5.90. The van der Waals surface area contributed by atoms with E-state index in [4.69, 9.17) is 10.8 Å². The molecule has 0 heterocycles. The van der Waals surface area contributed by atoms with Gasteiger partial charge in [0.25, 0.3) is 0 Å². The zero-order chi connectivity index (χ0) is 13.8. The summed E-state index contributed by atoms with van der Waals surface area (Å²) in [7, 11) is 0. The topological polar surface area (TPSA) is 75.3 Å². The second kappa shape index (κ2) is 5.44. The molecule has 2 rings (SSSR count).